The van der Waals surface area contributed by atoms with E-state index < -0.39 is 29.8 Å². The van der Waals surface area contributed by atoms with E-state index in [0.29, 0.717) is 12.1 Å². The zero-order valence-corrected chi connectivity index (χ0v) is 14.6. The van der Waals surface area contributed by atoms with Gasteiger partial charge in [-0.05, 0) is 11.8 Å². The summed E-state index contributed by atoms with van der Waals surface area (Å²) in [5.41, 5.74) is 6.42. The van der Waals surface area contributed by atoms with E-state index in [0.717, 1.165) is 0 Å². The molecule has 0 aliphatic carbocycles. The number of aromatic nitrogens is 2. The fourth-order valence-corrected chi connectivity index (χ4v) is 2.07. The van der Waals surface area contributed by atoms with Gasteiger partial charge in [0.2, 0.25) is 17.7 Å². The maximum Gasteiger partial charge on any atom is 0.249 e. The van der Waals surface area contributed by atoms with Crippen LogP contribution < -0.4 is 16.4 Å². The topological polar surface area (TPSA) is 130 Å². The highest BCUT2D eigenvalue weighted by atomic mass is 16.2. The Morgan fingerprint density at radius 3 is 2.42 bits per heavy atom. The lowest BCUT2D eigenvalue weighted by molar-refractivity contribution is -0.135. The third kappa shape index (κ3) is 5.77. The van der Waals surface area contributed by atoms with Crippen molar-refractivity contribution in [2.24, 2.45) is 17.6 Å². The number of hydrogen-bond acceptors (Lipinski definition) is 5. The Balaban J connectivity index is 2.71. The van der Waals surface area contributed by atoms with Gasteiger partial charge in [-0.25, -0.2) is 4.98 Å². The number of imidazole rings is 1. The standard InChI is InChI=1S/C16H27N5O3/c1-5-10(4)14(21-15(23)13(17)9(2)3)16(24)20-12(22)6-11-7-18-8-19-11/h7-10,13-14H,5-6,17H2,1-4H3,(H,18,19)(H,21,23)(H,20,22,24)/t10-,13-,14-/m0/s1. The molecule has 0 saturated heterocycles. The number of aromatic amines is 1. The molecule has 1 aromatic rings. The highest BCUT2D eigenvalue weighted by Crippen LogP contribution is 2.09. The predicted octanol–water partition coefficient (Wildman–Crippen LogP) is 0.109. The van der Waals surface area contributed by atoms with Gasteiger partial charge >= 0.3 is 0 Å². The molecule has 24 heavy (non-hydrogen) atoms. The monoisotopic (exact) mass is 337 g/mol. The van der Waals surface area contributed by atoms with Crippen molar-refractivity contribution in [3.63, 3.8) is 0 Å². The van der Waals surface area contributed by atoms with Crippen molar-refractivity contribution >= 4 is 17.7 Å². The molecule has 0 unspecified atom stereocenters. The molecule has 8 heteroatoms. The molecule has 3 amide bonds. The minimum atomic E-state index is -0.807. The molecule has 8 nitrogen and oxygen atoms in total. The van der Waals surface area contributed by atoms with E-state index in [4.69, 9.17) is 5.73 Å². The summed E-state index contributed by atoms with van der Waals surface area (Å²) in [5, 5.41) is 4.99. The van der Waals surface area contributed by atoms with Crippen LogP contribution in [-0.2, 0) is 20.8 Å². The molecule has 0 radical (unpaired) electrons. The minimum absolute atomic E-state index is 0.0123. The first-order valence-corrected chi connectivity index (χ1v) is 8.13. The van der Waals surface area contributed by atoms with Crippen LogP contribution in [0.3, 0.4) is 0 Å². The third-order valence-corrected chi connectivity index (χ3v) is 3.98. The molecule has 1 rings (SSSR count). The van der Waals surface area contributed by atoms with Crippen molar-refractivity contribution in [1.82, 2.24) is 20.6 Å². The van der Waals surface area contributed by atoms with Gasteiger partial charge in [-0.1, -0.05) is 34.1 Å². The number of rotatable bonds is 8. The number of H-pyrrole nitrogens is 1. The van der Waals surface area contributed by atoms with Crippen molar-refractivity contribution < 1.29 is 14.4 Å². The molecule has 0 aromatic carbocycles. The van der Waals surface area contributed by atoms with Gasteiger partial charge in [0.15, 0.2) is 0 Å². The second-order valence-corrected chi connectivity index (χ2v) is 6.31. The zero-order chi connectivity index (χ0) is 18.3. The number of nitrogens with two attached hydrogens (primary N) is 1. The van der Waals surface area contributed by atoms with E-state index in [1.165, 1.54) is 12.5 Å². The fraction of sp³-hybridized carbons (Fsp3) is 0.625. The third-order valence-electron chi connectivity index (χ3n) is 3.98. The first-order chi connectivity index (χ1) is 11.3. The highest BCUT2D eigenvalue weighted by Gasteiger charge is 2.29. The summed E-state index contributed by atoms with van der Waals surface area (Å²) in [7, 11) is 0. The van der Waals surface area contributed by atoms with Gasteiger partial charge in [0.05, 0.1) is 18.8 Å². The molecule has 0 bridgehead atoms. The lowest BCUT2D eigenvalue weighted by atomic mass is 9.96. The maximum atomic E-state index is 12.4. The average molecular weight is 337 g/mol. The van der Waals surface area contributed by atoms with Crippen LogP contribution in [0.5, 0.6) is 0 Å². The average Bonchev–Trinajstić information content (AvgIpc) is 3.03. The second kappa shape index (κ2) is 9.17. The van der Waals surface area contributed by atoms with Crippen molar-refractivity contribution in [1.29, 1.82) is 0 Å². The molecular formula is C16H27N5O3. The van der Waals surface area contributed by atoms with Gasteiger partial charge in [-0.15, -0.1) is 0 Å². The summed E-state index contributed by atoms with van der Waals surface area (Å²) in [4.78, 5) is 43.1. The SMILES string of the molecule is CC[C@H](C)[C@H](NC(=O)[C@@H](N)C(C)C)C(=O)NC(=O)Cc1cnc[nH]1. The second-order valence-electron chi connectivity index (χ2n) is 6.31. The number of hydrogen-bond donors (Lipinski definition) is 4. The summed E-state index contributed by atoms with van der Waals surface area (Å²) in [5.74, 6) is -1.56. The molecule has 0 saturated carbocycles. The molecular weight excluding hydrogens is 310 g/mol. The Hall–Kier alpha value is -2.22. The van der Waals surface area contributed by atoms with Gasteiger partial charge in [-0.2, -0.15) is 0 Å². The van der Waals surface area contributed by atoms with Crippen LogP contribution in [0.1, 0.15) is 39.8 Å². The normalized spacial score (nSPS) is 14.8. The van der Waals surface area contributed by atoms with Crippen LogP contribution in [0.25, 0.3) is 0 Å². The van der Waals surface area contributed by atoms with E-state index >= 15 is 0 Å². The largest absolute Gasteiger partial charge is 0.348 e. The molecule has 0 aliphatic rings. The Labute approximate surface area is 142 Å². The van der Waals surface area contributed by atoms with Crippen molar-refractivity contribution in [2.75, 3.05) is 0 Å². The molecule has 1 aromatic heterocycles. The number of nitrogens with one attached hydrogen (secondary N) is 3. The first kappa shape index (κ1) is 19.8. The Kier molecular flexibility index (Phi) is 7.57. The van der Waals surface area contributed by atoms with Crippen LogP contribution in [0.4, 0.5) is 0 Å². The number of carbonyl (C=O) groups excluding carboxylic acids is 3. The first-order valence-electron chi connectivity index (χ1n) is 8.13. The Morgan fingerprint density at radius 2 is 1.92 bits per heavy atom. The number of amides is 3. The molecule has 5 N–H and O–H groups in total. The van der Waals surface area contributed by atoms with Crippen LogP contribution in [0, 0.1) is 11.8 Å². The molecule has 3 atom stereocenters. The lowest BCUT2D eigenvalue weighted by Gasteiger charge is -2.25. The van der Waals surface area contributed by atoms with Gasteiger partial charge in [0.25, 0.3) is 0 Å². The van der Waals surface area contributed by atoms with Gasteiger partial charge < -0.3 is 16.0 Å². The van der Waals surface area contributed by atoms with Gasteiger partial charge in [-0.3, -0.25) is 19.7 Å². The smallest absolute Gasteiger partial charge is 0.249 e. The van der Waals surface area contributed by atoms with E-state index in [1.807, 2.05) is 27.7 Å². The number of nitrogens with zero attached hydrogens (tertiary/aromatic N) is 1. The minimum Gasteiger partial charge on any atom is -0.348 e. The summed E-state index contributed by atoms with van der Waals surface area (Å²) < 4.78 is 0. The zero-order valence-electron chi connectivity index (χ0n) is 14.6. The molecule has 1 heterocycles. The molecule has 0 fully saturated rings. The summed E-state index contributed by atoms with van der Waals surface area (Å²) in [6, 6.07) is -1.51. The van der Waals surface area contributed by atoms with E-state index in [2.05, 4.69) is 20.6 Å². The quantitative estimate of drug-likeness (QED) is 0.535. The van der Waals surface area contributed by atoms with Crippen molar-refractivity contribution in [3.05, 3.63) is 18.2 Å². The predicted molar refractivity (Wildman–Crippen MR) is 89.6 cm³/mol. The van der Waals surface area contributed by atoms with Crippen LogP contribution >= 0.6 is 0 Å². The highest BCUT2D eigenvalue weighted by molar-refractivity contribution is 6.00. The Bertz CT molecular complexity index is 556. The van der Waals surface area contributed by atoms with Crippen molar-refractivity contribution in [3.8, 4) is 0 Å². The van der Waals surface area contributed by atoms with Gasteiger partial charge in [0.1, 0.15) is 6.04 Å². The fourth-order valence-electron chi connectivity index (χ4n) is 2.07. The summed E-state index contributed by atoms with van der Waals surface area (Å²) >= 11 is 0. The summed E-state index contributed by atoms with van der Waals surface area (Å²) in [6.07, 6.45) is 3.65. The van der Waals surface area contributed by atoms with Crippen molar-refractivity contribution in [2.45, 2.75) is 52.6 Å². The number of imide groups is 1. The molecule has 134 valence electrons. The van der Waals surface area contributed by atoms with Gasteiger partial charge in [0, 0.05) is 11.9 Å². The van der Waals surface area contributed by atoms with Crippen LogP contribution in [-0.4, -0.2) is 39.8 Å². The van der Waals surface area contributed by atoms with E-state index in [9.17, 15) is 14.4 Å². The maximum absolute atomic E-state index is 12.4. The number of carbonyl (C=O) groups is 3. The van der Waals surface area contributed by atoms with Crippen LogP contribution in [0.2, 0.25) is 0 Å². The Morgan fingerprint density at radius 1 is 1.25 bits per heavy atom. The lowest BCUT2D eigenvalue weighted by Crippen LogP contribution is -2.56. The van der Waals surface area contributed by atoms with E-state index in [-0.39, 0.29) is 18.3 Å². The van der Waals surface area contributed by atoms with Crippen LogP contribution in [0.15, 0.2) is 12.5 Å². The summed E-state index contributed by atoms with van der Waals surface area (Å²) in [6.45, 7) is 7.41. The molecule has 0 aliphatic heterocycles. The van der Waals surface area contributed by atoms with E-state index in [1.54, 1.807) is 0 Å². The molecule has 0 spiro atoms.